The van der Waals surface area contributed by atoms with Crippen molar-refractivity contribution in [3.8, 4) is 22.3 Å². The molecule has 0 aliphatic heterocycles. The molecule has 5 aromatic carbocycles. The number of halogens is 1. The summed E-state index contributed by atoms with van der Waals surface area (Å²) in [6.45, 7) is 0. The van der Waals surface area contributed by atoms with Gasteiger partial charge >= 0.3 is 0 Å². The van der Waals surface area contributed by atoms with Gasteiger partial charge in [-0.1, -0.05) is 107 Å². The van der Waals surface area contributed by atoms with E-state index in [1.807, 2.05) is 11.3 Å². The van der Waals surface area contributed by atoms with Crippen molar-refractivity contribution < 1.29 is 0 Å². The van der Waals surface area contributed by atoms with Crippen LogP contribution in [0.1, 0.15) is 22.3 Å². The van der Waals surface area contributed by atoms with E-state index in [0.29, 0.717) is 0 Å². The van der Waals surface area contributed by atoms with Crippen LogP contribution in [-0.2, 0) is 5.41 Å². The molecule has 0 amide bonds. The van der Waals surface area contributed by atoms with Crippen LogP contribution in [-0.4, -0.2) is 0 Å². The van der Waals surface area contributed by atoms with Crippen LogP contribution >= 0.6 is 27.3 Å². The fraction of sp³-hybridized carbons (Fsp3) is 0.0323. The van der Waals surface area contributed by atoms with Crippen LogP contribution in [0.15, 0.2) is 108 Å². The minimum atomic E-state index is -0.303. The molecular weight excluding hydrogens is 484 g/mol. The second-order valence-corrected chi connectivity index (χ2v) is 10.9. The predicted molar refractivity (Wildman–Crippen MR) is 143 cm³/mol. The lowest BCUT2D eigenvalue weighted by molar-refractivity contribution is 0.790. The zero-order valence-corrected chi connectivity index (χ0v) is 20.0. The van der Waals surface area contributed by atoms with Crippen LogP contribution in [0.2, 0.25) is 0 Å². The van der Waals surface area contributed by atoms with Gasteiger partial charge in [0, 0.05) is 30.2 Å². The van der Waals surface area contributed by atoms with Gasteiger partial charge < -0.3 is 0 Å². The minimum Gasteiger partial charge on any atom is -0.135 e. The molecule has 1 heterocycles. The van der Waals surface area contributed by atoms with E-state index >= 15 is 0 Å². The van der Waals surface area contributed by atoms with Gasteiger partial charge in [0.2, 0.25) is 0 Å². The van der Waals surface area contributed by atoms with Gasteiger partial charge in [0.25, 0.3) is 0 Å². The molecule has 1 unspecified atom stereocenters. The summed E-state index contributed by atoms with van der Waals surface area (Å²) in [6, 6.07) is 38.3. The monoisotopic (exact) mass is 500 g/mol. The molecule has 33 heavy (non-hydrogen) atoms. The number of benzene rings is 5. The summed E-state index contributed by atoms with van der Waals surface area (Å²) < 4.78 is 3.93. The summed E-state index contributed by atoms with van der Waals surface area (Å²) in [5.74, 6) is 0. The molecular formula is C31H17BrS. The first kappa shape index (κ1) is 18.3. The maximum Gasteiger partial charge on any atom is 0.0737 e. The Balaban J connectivity index is 1.64. The summed E-state index contributed by atoms with van der Waals surface area (Å²) in [5, 5.41) is 2.71. The van der Waals surface area contributed by atoms with Crippen LogP contribution in [0.3, 0.4) is 0 Å². The quantitative estimate of drug-likeness (QED) is 0.194. The Morgan fingerprint density at radius 3 is 2.12 bits per heavy atom. The van der Waals surface area contributed by atoms with Crippen LogP contribution < -0.4 is 0 Å². The molecule has 1 aromatic heterocycles. The van der Waals surface area contributed by atoms with E-state index in [0.717, 1.165) is 0 Å². The Morgan fingerprint density at radius 2 is 1.24 bits per heavy atom. The maximum absolute atomic E-state index is 3.98. The fourth-order valence-electron chi connectivity index (χ4n) is 6.41. The first-order valence-electron chi connectivity index (χ1n) is 11.2. The number of thiophene rings is 1. The summed E-state index contributed by atoms with van der Waals surface area (Å²) in [4.78, 5) is 0. The van der Waals surface area contributed by atoms with Gasteiger partial charge in [0.05, 0.1) is 5.41 Å². The third kappa shape index (κ3) is 2.04. The summed E-state index contributed by atoms with van der Waals surface area (Å²) >= 11 is 5.90. The highest BCUT2D eigenvalue weighted by Crippen LogP contribution is 2.65. The molecule has 1 atom stereocenters. The lowest BCUT2D eigenvalue weighted by Crippen LogP contribution is -2.26. The Kier molecular flexibility index (Phi) is 3.44. The van der Waals surface area contributed by atoms with Crippen LogP contribution in [0.4, 0.5) is 0 Å². The first-order chi connectivity index (χ1) is 16.3. The first-order valence-corrected chi connectivity index (χ1v) is 12.8. The third-order valence-corrected chi connectivity index (χ3v) is 9.43. The molecule has 0 saturated carbocycles. The molecule has 0 radical (unpaired) electrons. The molecule has 0 N–H and O–H groups in total. The van der Waals surface area contributed by atoms with Crippen LogP contribution in [0.5, 0.6) is 0 Å². The highest BCUT2D eigenvalue weighted by atomic mass is 79.9. The molecule has 2 aliphatic carbocycles. The second kappa shape index (κ2) is 6.22. The Bertz CT molecular complexity index is 1790. The van der Waals surface area contributed by atoms with E-state index in [1.165, 1.54) is 69.2 Å². The summed E-state index contributed by atoms with van der Waals surface area (Å²) in [5.41, 5.74) is 10.7. The van der Waals surface area contributed by atoms with Crippen molar-refractivity contribution in [2.45, 2.75) is 5.41 Å². The standard InChI is InChI=1S/C31H17BrS/c32-26-14-7-11-20-18-8-1-4-12-23(18)31(29(20)26)24-13-5-2-10-22(24)28-25(31)17-16-21-19-9-3-6-15-27(19)33-30(21)28/h1-17H. The molecule has 1 spiro atoms. The Hall–Kier alpha value is -3.20. The molecule has 2 aliphatic rings. The normalized spacial score (nSPS) is 17.4. The van der Waals surface area contributed by atoms with Crippen LogP contribution in [0.25, 0.3) is 42.4 Å². The third-order valence-electron chi connectivity index (χ3n) is 7.56. The zero-order valence-electron chi connectivity index (χ0n) is 17.6. The highest BCUT2D eigenvalue weighted by Gasteiger charge is 2.53. The van der Waals surface area contributed by atoms with E-state index in [-0.39, 0.29) is 5.41 Å². The van der Waals surface area contributed by atoms with E-state index in [1.54, 1.807) is 0 Å². The molecule has 0 fully saturated rings. The highest BCUT2D eigenvalue weighted by molar-refractivity contribution is 9.10. The predicted octanol–water partition coefficient (Wildman–Crippen LogP) is 9.16. The van der Waals surface area contributed by atoms with Gasteiger partial charge in [-0.05, 0) is 51.1 Å². The Morgan fingerprint density at radius 1 is 0.545 bits per heavy atom. The number of hydrogen-bond acceptors (Lipinski definition) is 1. The average molecular weight is 501 g/mol. The SMILES string of the molecule is Brc1cccc2c1C1(c3ccccc3-2)c2ccccc2-c2c1ccc1c2sc2ccccc21. The number of rotatable bonds is 0. The molecule has 6 aromatic rings. The minimum absolute atomic E-state index is 0.303. The van der Waals surface area contributed by atoms with Gasteiger partial charge in [-0.25, -0.2) is 0 Å². The Labute approximate surface area is 204 Å². The van der Waals surface area contributed by atoms with Crippen LogP contribution in [0, 0.1) is 0 Å². The van der Waals surface area contributed by atoms with Crippen molar-refractivity contribution >= 4 is 47.4 Å². The van der Waals surface area contributed by atoms with Gasteiger partial charge in [0.15, 0.2) is 0 Å². The zero-order chi connectivity index (χ0) is 21.7. The van der Waals surface area contributed by atoms with E-state index < -0.39 is 0 Å². The van der Waals surface area contributed by atoms with Crippen molar-refractivity contribution in [3.05, 3.63) is 130 Å². The molecule has 8 rings (SSSR count). The van der Waals surface area contributed by atoms with Crippen molar-refractivity contribution in [2.75, 3.05) is 0 Å². The van der Waals surface area contributed by atoms with Gasteiger partial charge in [-0.15, -0.1) is 11.3 Å². The fourth-order valence-corrected chi connectivity index (χ4v) is 8.34. The molecule has 0 nitrogen and oxygen atoms in total. The lowest BCUT2D eigenvalue weighted by atomic mass is 9.70. The van der Waals surface area contributed by atoms with Crippen molar-refractivity contribution in [2.24, 2.45) is 0 Å². The average Bonchev–Trinajstić information content (AvgIpc) is 3.48. The van der Waals surface area contributed by atoms with E-state index in [4.69, 9.17) is 0 Å². The molecule has 0 bridgehead atoms. The smallest absolute Gasteiger partial charge is 0.0737 e. The summed E-state index contributed by atoms with van der Waals surface area (Å²) in [6.07, 6.45) is 0. The van der Waals surface area contributed by atoms with Gasteiger partial charge in [-0.2, -0.15) is 0 Å². The number of fused-ring (bicyclic) bond motifs is 14. The molecule has 2 heteroatoms. The number of hydrogen-bond donors (Lipinski definition) is 0. The van der Waals surface area contributed by atoms with Gasteiger partial charge in [-0.3, -0.25) is 0 Å². The van der Waals surface area contributed by atoms with Crippen molar-refractivity contribution in [3.63, 3.8) is 0 Å². The second-order valence-electron chi connectivity index (χ2n) is 8.97. The van der Waals surface area contributed by atoms with Crippen molar-refractivity contribution in [1.29, 1.82) is 0 Å². The molecule has 0 saturated heterocycles. The lowest BCUT2D eigenvalue weighted by Gasteiger charge is -2.31. The summed E-state index contributed by atoms with van der Waals surface area (Å²) in [7, 11) is 0. The largest absolute Gasteiger partial charge is 0.135 e. The van der Waals surface area contributed by atoms with E-state index in [9.17, 15) is 0 Å². The molecule has 154 valence electrons. The maximum atomic E-state index is 3.98. The van der Waals surface area contributed by atoms with E-state index in [2.05, 4.69) is 119 Å². The van der Waals surface area contributed by atoms with Gasteiger partial charge in [0.1, 0.15) is 0 Å². The van der Waals surface area contributed by atoms with Crippen molar-refractivity contribution in [1.82, 2.24) is 0 Å². The topological polar surface area (TPSA) is 0 Å².